The van der Waals surface area contributed by atoms with Gasteiger partial charge < -0.3 is 0 Å². The molecule has 1 saturated carbocycles. The number of rotatable bonds is 8. The Bertz CT molecular complexity index is 383. The van der Waals surface area contributed by atoms with Gasteiger partial charge in [-0.05, 0) is 39.0 Å². The Kier molecular flexibility index (Phi) is 6.24. The lowest BCUT2D eigenvalue weighted by Crippen LogP contribution is -2.51. The van der Waals surface area contributed by atoms with Crippen LogP contribution in [0.4, 0.5) is 0 Å². The van der Waals surface area contributed by atoms with E-state index in [0.29, 0.717) is 12.0 Å². The van der Waals surface area contributed by atoms with Gasteiger partial charge in [0.25, 0.3) is 0 Å². The van der Waals surface area contributed by atoms with E-state index in [2.05, 4.69) is 90.1 Å². The highest BCUT2D eigenvalue weighted by molar-refractivity contribution is 5.25. The van der Waals surface area contributed by atoms with Crippen LogP contribution in [0.2, 0.25) is 0 Å². The molecule has 1 N–H and O–H groups in total. The minimum absolute atomic E-state index is 0.138. The van der Waals surface area contributed by atoms with Crippen LogP contribution in [-0.2, 0) is 0 Å². The van der Waals surface area contributed by atoms with E-state index < -0.39 is 0 Å². The van der Waals surface area contributed by atoms with Crippen LogP contribution in [0.5, 0.6) is 0 Å². The second-order valence-corrected chi connectivity index (χ2v) is 7.43. The molecule has 0 heterocycles. The molecule has 3 atom stereocenters. The average Bonchev–Trinajstić information content (AvgIpc) is 3.05. The second-order valence-electron chi connectivity index (χ2n) is 7.43. The summed E-state index contributed by atoms with van der Waals surface area (Å²) in [5.41, 5.74) is 3.91. The third-order valence-electron chi connectivity index (χ3n) is 5.12. The molecule has 1 fully saturated rings. The molecule has 2 heteroatoms. The monoisotopic (exact) mass is 292 g/mol. The Morgan fingerprint density at radius 3 is 2.19 bits per heavy atom. The van der Waals surface area contributed by atoms with E-state index in [4.69, 9.17) is 0 Å². The maximum Gasteiger partial charge on any atom is 0.0566 e. The Morgan fingerprint density at radius 2 is 1.86 bits per heavy atom. The van der Waals surface area contributed by atoms with Crippen LogP contribution in [0, 0.1) is 17.3 Å². The van der Waals surface area contributed by atoms with Crippen LogP contribution in [0.3, 0.4) is 0 Å². The lowest BCUT2D eigenvalue weighted by molar-refractivity contribution is 0.0889. The third kappa shape index (κ3) is 3.98. The van der Waals surface area contributed by atoms with Crippen molar-refractivity contribution in [3.05, 3.63) is 24.3 Å². The highest BCUT2D eigenvalue weighted by atomic mass is 15.6. The van der Waals surface area contributed by atoms with Crippen molar-refractivity contribution in [2.45, 2.75) is 73.4 Å². The van der Waals surface area contributed by atoms with E-state index in [9.17, 15) is 0 Å². The van der Waals surface area contributed by atoms with Crippen molar-refractivity contribution in [1.82, 2.24) is 10.4 Å². The minimum atomic E-state index is 0.138. The highest BCUT2D eigenvalue weighted by Crippen LogP contribution is 2.50. The molecule has 2 unspecified atom stereocenters. The summed E-state index contributed by atoms with van der Waals surface area (Å²) in [7, 11) is 0. The summed E-state index contributed by atoms with van der Waals surface area (Å²) >= 11 is 0. The Labute approximate surface area is 132 Å². The summed E-state index contributed by atoms with van der Waals surface area (Å²) in [6.07, 6.45) is 10.7. The van der Waals surface area contributed by atoms with Crippen LogP contribution in [0.1, 0.15) is 61.8 Å². The zero-order valence-corrected chi connectivity index (χ0v) is 15.4. The zero-order valence-electron chi connectivity index (χ0n) is 15.4. The number of allylic oxidation sites excluding steroid dienone is 3. The molecule has 1 aliphatic carbocycles. The SMILES string of the molecule is C/C=C/C(C)(/C=C\C1(N(NCC)C(C)C)C[C@H]1C)C(C)C. The molecule has 0 radical (unpaired) electrons. The number of nitrogens with zero attached hydrogens (tertiary/aromatic N) is 1. The predicted octanol–water partition coefficient (Wildman–Crippen LogP) is 4.79. The summed E-state index contributed by atoms with van der Waals surface area (Å²) < 4.78 is 0. The van der Waals surface area contributed by atoms with Gasteiger partial charge in [0.1, 0.15) is 0 Å². The van der Waals surface area contributed by atoms with E-state index in [-0.39, 0.29) is 11.0 Å². The molecule has 1 rings (SSSR count). The van der Waals surface area contributed by atoms with Gasteiger partial charge in [0.2, 0.25) is 0 Å². The molecule has 122 valence electrons. The van der Waals surface area contributed by atoms with Crippen molar-refractivity contribution >= 4 is 0 Å². The maximum absolute atomic E-state index is 3.58. The van der Waals surface area contributed by atoms with Gasteiger partial charge in [-0.2, -0.15) is 0 Å². The molecule has 0 saturated heterocycles. The van der Waals surface area contributed by atoms with E-state index in [1.807, 2.05) is 0 Å². The lowest BCUT2D eigenvalue weighted by atomic mass is 9.78. The fourth-order valence-electron chi connectivity index (χ4n) is 3.18. The van der Waals surface area contributed by atoms with E-state index in [0.717, 1.165) is 12.5 Å². The molecular formula is C19H36N2. The molecular weight excluding hydrogens is 256 g/mol. The normalized spacial score (nSPS) is 29.2. The van der Waals surface area contributed by atoms with Crippen molar-refractivity contribution in [1.29, 1.82) is 0 Å². The molecule has 2 nitrogen and oxygen atoms in total. The molecule has 0 aromatic rings. The first-order valence-electron chi connectivity index (χ1n) is 8.60. The first-order valence-corrected chi connectivity index (χ1v) is 8.60. The number of hydrogen-bond acceptors (Lipinski definition) is 2. The van der Waals surface area contributed by atoms with Crippen LogP contribution in [0.15, 0.2) is 24.3 Å². The Morgan fingerprint density at radius 1 is 1.29 bits per heavy atom. The number of hydrogen-bond donors (Lipinski definition) is 1. The van der Waals surface area contributed by atoms with Crippen LogP contribution in [-0.4, -0.2) is 23.1 Å². The molecule has 0 aromatic carbocycles. The molecule has 0 aliphatic heterocycles. The Hall–Kier alpha value is -0.600. The summed E-state index contributed by atoms with van der Waals surface area (Å²) in [5.74, 6) is 1.32. The van der Waals surface area contributed by atoms with Crippen LogP contribution < -0.4 is 5.43 Å². The fourth-order valence-corrected chi connectivity index (χ4v) is 3.18. The largest absolute Gasteiger partial charge is 0.254 e. The summed E-state index contributed by atoms with van der Waals surface area (Å²) in [6, 6.07) is 0.506. The van der Waals surface area contributed by atoms with Gasteiger partial charge in [0.05, 0.1) is 5.54 Å². The van der Waals surface area contributed by atoms with Gasteiger partial charge in [-0.15, -0.1) is 0 Å². The fraction of sp³-hybridized carbons (Fsp3) is 0.789. The van der Waals surface area contributed by atoms with Gasteiger partial charge in [-0.3, -0.25) is 5.43 Å². The highest BCUT2D eigenvalue weighted by Gasteiger charge is 2.54. The number of hydrazine groups is 1. The van der Waals surface area contributed by atoms with E-state index >= 15 is 0 Å². The number of nitrogens with one attached hydrogen (secondary N) is 1. The van der Waals surface area contributed by atoms with Gasteiger partial charge in [-0.1, -0.05) is 58.9 Å². The molecule has 0 amide bonds. The van der Waals surface area contributed by atoms with Crippen molar-refractivity contribution in [3.8, 4) is 0 Å². The van der Waals surface area contributed by atoms with Crippen LogP contribution in [0.25, 0.3) is 0 Å². The maximum atomic E-state index is 3.58. The average molecular weight is 293 g/mol. The summed E-state index contributed by atoms with van der Waals surface area (Å²) in [4.78, 5) is 0. The third-order valence-corrected chi connectivity index (χ3v) is 5.12. The zero-order chi connectivity index (χ0) is 16.3. The molecule has 1 aliphatic rings. The van der Waals surface area contributed by atoms with E-state index in [1.54, 1.807) is 0 Å². The van der Waals surface area contributed by atoms with Gasteiger partial charge in [-0.25, -0.2) is 5.01 Å². The van der Waals surface area contributed by atoms with Crippen molar-refractivity contribution in [2.24, 2.45) is 17.3 Å². The molecule has 0 aromatic heterocycles. The quantitative estimate of drug-likeness (QED) is 0.511. The van der Waals surface area contributed by atoms with Crippen molar-refractivity contribution in [3.63, 3.8) is 0 Å². The first kappa shape index (κ1) is 18.4. The van der Waals surface area contributed by atoms with Crippen molar-refractivity contribution < 1.29 is 0 Å². The van der Waals surface area contributed by atoms with Gasteiger partial charge in [0, 0.05) is 18.0 Å². The molecule has 21 heavy (non-hydrogen) atoms. The minimum Gasteiger partial charge on any atom is -0.254 e. The molecule has 0 bridgehead atoms. The Balaban J connectivity index is 3.02. The first-order chi connectivity index (χ1) is 9.73. The second kappa shape index (κ2) is 7.11. The molecule has 0 spiro atoms. The van der Waals surface area contributed by atoms with E-state index in [1.165, 1.54) is 6.42 Å². The smallest absolute Gasteiger partial charge is 0.0566 e. The van der Waals surface area contributed by atoms with Gasteiger partial charge >= 0.3 is 0 Å². The lowest BCUT2D eigenvalue weighted by Gasteiger charge is -2.36. The van der Waals surface area contributed by atoms with Gasteiger partial charge in [0.15, 0.2) is 0 Å². The standard InChI is InChI=1S/C19H36N2/c1-9-11-18(8,15(3)4)12-13-19(14-17(19)7)21(16(5)6)20-10-2/h9,11-13,15-17,20H,10,14H2,1-8H3/b11-9+,13-12-/t17-,18?,19?/m1/s1. The van der Waals surface area contributed by atoms with Crippen molar-refractivity contribution in [2.75, 3.05) is 6.54 Å². The summed E-state index contributed by atoms with van der Waals surface area (Å²) in [5, 5.41) is 2.46. The predicted molar refractivity (Wildman–Crippen MR) is 94.1 cm³/mol. The summed E-state index contributed by atoms with van der Waals surface area (Å²) in [6.45, 7) is 19.1. The topological polar surface area (TPSA) is 15.3 Å². The van der Waals surface area contributed by atoms with Crippen LogP contribution >= 0.6 is 0 Å².